The largest absolute Gasteiger partial charge is 0.508 e. The topological polar surface area (TPSA) is 49.8 Å². The third kappa shape index (κ3) is 5.78. The number of nitrogens with zero attached hydrogens (tertiary/aromatic N) is 1. The van der Waals surface area contributed by atoms with Crippen molar-refractivity contribution in [3.05, 3.63) is 64.1 Å². The number of carbonyl (C=O) groups is 1. The van der Waals surface area contributed by atoms with Crippen LogP contribution in [0.25, 0.3) is 0 Å². The molecule has 2 aromatic carbocycles. The molecule has 1 amide bonds. The minimum Gasteiger partial charge on any atom is -0.508 e. The van der Waals surface area contributed by atoms with Crippen LogP contribution in [0.3, 0.4) is 0 Å². The SMILES string of the molecule is CN(CC(c1ccc(O)cc1)c1ccc(Br)cc1)C(=O)OC(C)(C)C. The van der Waals surface area contributed by atoms with Crippen LogP contribution in [0.5, 0.6) is 5.75 Å². The van der Waals surface area contributed by atoms with E-state index >= 15 is 0 Å². The molecule has 0 heterocycles. The molecule has 0 fully saturated rings. The lowest BCUT2D eigenvalue weighted by Gasteiger charge is -2.28. The van der Waals surface area contributed by atoms with Crippen molar-refractivity contribution >= 4 is 22.0 Å². The summed E-state index contributed by atoms with van der Waals surface area (Å²) in [5.41, 5.74) is 1.58. The van der Waals surface area contributed by atoms with Crippen LogP contribution in [0.15, 0.2) is 53.0 Å². The quantitative estimate of drug-likeness (QED) is 0.764. The molecule has 0 saturated carbocycles. The van der Waals surface area contributed by atoms with Gasteiger partial charge in [0.2, 0.25) is 0 Å². The van der Waals surface area contributed by atoms with Crippen LogP contribution >= 0.6 is 15.9 Å². The molecule has 5 heteroatoms. The molecular formula is C20H24BrNO3. The minimum absolute atomic E-state index is 0.0220. The lowest BCUT2D eigenvalue weighted by molar-refractivity contribution is 0.0294. The number of hydrogen-bond donors (Lipinski definition) is 1. The van der Waals surface area contributed by atoms with Gasteiger partial charge in [0, 0.05) is 24.0 Å². The van der Waals surface area contributed by atoms with Gasteiger partial charge in [0.15, 0.2) is 0 Å². The van der Waals surface area contributed by atoms with Crippen molar-refractivity contribution in [2.24, 2.45) is 0 Å². The van der Waals surface area contributed by atoms with Gasteiger partial charge in [-0.3, -0.25) is 0 Å². The highest BCUT2D eigenvalue weighted by Crippen LogP contribution is 2.28. The molecule has 0 radical (unpaired) electrons. The highest BCUT2D eigenvalue weighted by Gasteiger charge is 2.23. The van der Waals surface area contributed by atoms with Gasteiger partial charge in [0.25, 0.3) is 0 Å². The average molecular weight is 406 g/mol. The predicted octanol–water partition coefficient (Wildman–Crippen LogP) is 5.15. The second-order valence-electron chi connectivity index (χ2n) is 7.06. The summed E-state index contributed by atoms with van der Waals surface area (Å²) >= 11 is 3.45. The zero-order chi connectivity index (χ0) is 18.6. The molecule has 2 aromatic rings. The highest BCUT2D eigenvalue weighted by molar-refractivity contribution is 9.10. The van der Waals surface area contributed by atoms with Crippen molar-refractivity contribution in [2.45, 2.75) is 32.3 Å². The number of rotatable bonds is 4. The third-order valence-corrected chi connectivity index (χ3v) is 4.26. The van der Waals surface area contributed by atoms with Crippen LogP contribution in [0.1, 0.15) is 37.8 Å². The molecule has 134 valence electrons. The first-order valence-corrected chi connectivity index (χ1v) is 8.93. The highest BCUT2D eigenvalue weighted by atomic mass is 79.9. The molecular weight excluding hydrogens is 382 g/mol. The smallest absolute Gasteiger partial charge is 0.410 e. The molecule has 0 aromatic heterocycles. The third-order valence-electron chi connectivity index (χ3n) is 3.73. The van der Waals surface area contributed by atoms with Crippen LogP contribution < -0.4 is 0 Å². The molecule has 2 rings (SSSR count). The van der Waals surface area contributed by atoms with Crippen molar-refractivity contribution in [1.82, 2.24) is 4.90 Å². The van der Waals surface area contributed by atoms with Gasteiger partial charge in [-0.1, -0.05) is 40.2 Å². The maximum Gasteiger partial charge on any atom is 0.410 e. The molecule has 0 spiro atoms. The zero-order valence-electron chi connectivity index (χ0n) is 15.0. The van der Waals surface area contributed by atoms with Gasteiger partial charge in [-0.2, -0.15) is 0 Å². The van der Waals surface area contributed by atoms with Gasteiger partial charge >= 0.3 is 6.09 Å². The fourth-order valence-corrected chi connectivity index (χ4v) is 2.76. The zero-order valence-corrected chi connectivity index (χ0v) is 16.6. The normalized spacial score (nSPS) is 12.5. The van der Waals surface area contributed by atoms with Gasteiger partial charge in [-0.25, -0.2) is 4.79 Å². The number of hydrogen-bond acceptors (Lipinski definition) is 3. The summed E-state index contributed by atoms with van der Waals surface area (Å²) in [5, 5.41) is 9.55. The number of ether oxygens (including phenoxy) is 1. The summed E-state index contributed by atoms with van der Waals surface area (Å²) in [4.78, 5) is 13.9. The van der Waals surface area contributed by atoms with E-state index in [0.29, 0.717) is 6.54 Å². The number of benzene rings is 2. The van der Waals surface area contributed by atoms with Crippen LogP contribution in [0.2, 0.25) is 0 Å². The van der Waals surface area contributed by atoms with E-state index in [-0.39, 0.29) is 17.8 Å². The Labute approximate surface area is 157 Å². The van der Waals surface area contributed by atoms with E-state index in [9.17, 15) is 9.90 Å². The van der Waals surface area contributed by atoms with Crippen LogP contribution in [-0.4, -0.2) is 35.3 Å². The Hall–Kier alpha value is -2.01. The monoisotopic (exact) mass is 405 g/mol. The van der Waals surface area contributed by atoms with Crippen LogP contribution in [0, 0.1) is 0 Å². The number of amides is 1. The summed E-state index contributed by atoms with van der Waals surface area (Å²) in [6.45, 7) is 6.03. The Kier molecular flexibility index (Phi) is 6.11. The van der Waals surface area contributed by atoms with E-state index in [1.807, 2.05) is 57.2 Å². The molecule has 0 bridgehead atoms. The van der Waals surface area contributed by atoms with E-state index in [2.05, 4.69) is 15.9 Å². The van der Waals surface area contributed by atoms with E-state index in [1.54, 1.807) is 24.1 Å². The molecule has 0 aliphatic heterocycles. The lowest BCUT2D eigenvalue weighted by Crippen LogP contribution is -2.36. The van der Waals surface area contributed by atoms with Gasteiger partial charge in [0.05, 0.1) is 0 Å². The molecule has 1 atom stereocenters. The fourth-order valence-electron chi connectivity index (χ4n) is 2.49. The number of carbonyl (C=O) groups excluding carboxylic acids is 1. The number of aromatic hydroxyl groups is 1. The van der Waals surface area contributed by atoms with Gasteiger partial charge in [-0.15, -0.1) is 0 Å². The molecule has 1 unspecified atom stereocenters. The summed E-state index contributed by atoms with van der Waals surface area (Å²) < 4.78 is 6.45. The van der Waals surface area contributed by atoms with E-state index in [4.69, 9.17) is 4.74 Å². The van der Waals surface area contributed by atoms with Crippen molar-refractivity contribution in [1.29, 1.82) is 0 Å². The number of phenolic OH excluding ortho intramolecular Hbond substituents is 1. The standard InChI is InChI=1S/C20H24BrNO3/c1-20(2,3)25-19(24)22(4)13-18(14-5-9-16(21)10-6-14)15-7-11-17(23)12-8-15/h5-12,18,23H,13H2,1-4H3. The van der Waals surface area contributed by atoms with E-state index in [0.717, 1.165) is 15.6 Å². The van der Waals surface area contributed by atoms with Crippen molar-refractivity contribution in [3.63, 3.8) is 0 Å². The van der Waals surface area contributed by atoms with Gasteiger partial charge in [-0.05, 0) is 56.2 Å². The molecule has 25 heavy (non-hydrogen) atoms. The van der Waals surface area contributed by atoms with Gasteiger partial charge < -0.3 is 14.7 Å². The Bertz CT molecular complexity index is 660. The molecule has 0 saturated heterocycles. The molecule has 1 N–H and O–H groups in total. The second kappa shape index (κ2) is 7.91. The second-order valence-corrected chi connectivity index (χ2v) is 7.97. The minimum atomic E-state index is -0.531. The summed E-state index contributed by atoms with van der Waals surface area (Å²) in [5.74, 6) is 0.199. The van der Waals surface area contributed by atoms with Crippen molar-refractivity contribution in [3.8, 4) is 5.75 Å². The Morgan fingerprint density at radius 1 is 1.08 bits per heavy atom. The average Bonchev–Trinajstić information content (AvgIpc) is 2.53. The molecule has 0 aliphatic carbocycles. The fraction of sp³-hybridized carbons (Fsp3) is 0.350. The first-order valence-electron chi connectivity index (χ1n) is 8.14. The van der Waals surface area contributed by atoms with E-state index < -0.39 is 5.60 Å². The Morgan fingerprint density at radius 3 is 2.04 bits per heavy atom. The number of halogens is 1. The van der Waals surface area contributed by atoms with Crippen LogP contribution in [0.4, 0.5) is 4.79 Å². The van der Waals surface area contributed by atoms with Crippen molar-refractivity contribution in [2.75, 3.05) is 13.6 Å². The summed E-state index contributed by atoms with van der Waals surface area (Å²) in [6, 6.07) is 15.1. The van der Waals surface area contributed by atoms with Crippen LogP contribution in [-0.2, 0) is 4.74 Å². The van der Waals surface area contributed by atoms with Gasteiger partial charge in [0.1, 0.15) is 11.4 Å². The Morgan fingerprint density at radius 2 is 1.56 bits per heavy atom. The summed E-state index contributed by atoms with van der Waals surface area (Å²) in [6.07, 6.45) is -0.353. The maximum atomic E-state index is 12.3. The predicted molar refractivity (Wildman–Crippen MR) is 103 cm³/mol. The number of phenols is 1. The molecule has 4 nitrogen and oxygen atoms in total. The first kappa shape index (κ1) is 19.3. The number of likely N-dealkylation sites (N-methyl/N-ethyl adjacent to an activating group) is 1. The first-order chi connectivity index (χ1) is 11.7. The Balaban J connectivity index is 2.27. The summed E-state index contributed by atoms with van der Waals surface area (Å²) in [7, 11) is 1.74. The van der Waals surface area contributed by atoms with Crippen molar-refractivity contribution < 1.29 is 14.6 Å². The lowest BCUT2D eigenvalue weighted by atomic mass is 9.91. The molecule has 0 aliphatic rings. The van der Waals surface area contributed by atoms with E-state index in [1.165, 1.54) is 0 Å². The maximum absolute atomic E-state index is 12.3.